The second-order valence-electron chi connectivity index (χ2n) is 3.89. The summed E-state index contributed by atoms with van der Waals surface area (Å²) in [6.07, 6.45) is 0.538. The van der Waals surface area contributed by atoms with E-state index >= 15 is 0 Å². The third-order valence-electron chi connectivity index (χ3n) is 2.63. The topological polar surface area (TPSA) is 32.7 Å². The first-order valence-corrected chi connectivity index (χ1v) is 7.07. The van der Waals surface area contributed by atoms with Crippen LogP contribution in [-0.2, 0) is 11.3 Å². The van der Waals surface area contributed by atoms with Crippen molar-refractivity contribution >= 4 is 11.3 Å². The number of ether oxygens (including phenoxy) is 1. The standard InChI is InChI=1S/C14H21NO2S/c1-3-15(8-10-17-2)12-14-13(7-11-18-14)6-4-5-9-16/h7,11,16H,3,5,8-10,12H2,1-2H3. The Morgan fingerprint density at radius 3 is 3.00 bits per heavy atom. The molecule has 1 aromatic heterocycles. The van der Waals surface area contributed by atoms with Crippen molar-refractivity contribution < 1.29 is 9.84 Å². The van der Waals surface area contributed by atoms with Gasteiger partial charge in [-0.1, -0.05) is 18.8 Å². The molecule has 3 nitrogen and oxygen atoms in total. The summed E-state index contributed by atoms with van der Waals surface area (Å²) in [5, 5.41) is 10.8. The van der Waals surface area contributed by atoms with Crippen LogP contribution in [0, 0.1) is 11.8 Å². The number of rotatable bonds is 7. The van der Waals surface area contributed by atoms with Crippen molar-refractivity contribution in [3.05, 3.63) is 21.9 Å². The Bertz CT molecular complexity index is 392. The summed E-state index contributed by atoms with van der Waals surface area (Å²) in [4.78, 5) is 3.63. The van der Waals surface area contributed by atoms with E-state index in [1.807, 2.05) is 0 Å². The Balaban J connectivity index is 2.61. The van der Waals surface area contributed by atoms with E-state index in [9.17, 15) is 0 Å². The molecule has 0 aliphatic heterocycles. The molecule has 0 bridgehead atoms. The lowest BCUT2D eigenvalue weighted by molar-refractivity contribution is 0.148. The van der Waals surface area contributed by atoms with Gasteiger partial charge in [0.15, 0.2) is 0 Å². The minimum atomic E-state index is 0.126. The molecule has 0 aliphatic carbocycles. The molecule has 1 aromatic rings. The fourth-order valence-electron chi connectivity index (χ4n) is 1.56. The molecule has 0 atom stereocenters. The quantitative estimate of drug-likeness (QED) is 0.767. The zero-order chi connectivity index (χ0) is 13.2. The van der Waals surface area contributed by atoms with Crippen molar-refractivity contribution in [2.45, 2.75) is 19.9 Å². The van der Waals surface area contributed by atoms with Crippen LogP contribution in [-0.4, -0.2) is 43.4 Å². The fraction of sp³-hybridized carbons (Fsp3) is 0.571. The molecule has 18 heavy (non-hydrogen) atoms. The third kappa shape index (κ3) is 5.19. The minimum Gasteiger partial charge on any atom is -0.395 e. The zero-order valence-electron chi connectivity index (χ0n) is 11.1. The van der Waals surface area contributed by atoms with Crippen LogP contribution in [0.3, 0.4) is 0 Å². The van der Waals surface area contributed by atoms with Crippen molar-refractivity contribution in [1.82, 2.24) is 4.90 Å². The summed E-state index contributed by atoms with van der Waals surface area (Å²) < 4.78 is 5.11. The van der Waals surface area contributed by atoms with Gasteiger partial charge in [0.1, 0.15) is 0 Å². The van der Waals surface area contributed by atoms with Gasteiger partial charge in [0, 0.05) is 37.1 Å². The highest BCUT2D eigenvalue weighted by Crippen LogP contribution is 2.18. The molecule has 0 aliphatic rings. The maximum Gasteiger partial charge on any atom is 0.0589 e. The first-order valence-electron chi connectivity index (χ1n) is 6.19. The Kier molecular flexibility index (Phi) is 7.70. The van der Waals surface area contributed by atoms with Crippen LogP contribution >= 0.6 is 11.3 Å². The van der Waals surface area contributed by atoms with Crippen LogP contribution in [0.5, 0.6) is 0 Å². The molecule has 0 spiro atoms. The summed E-state index contributed by atoms with van der Waals surface area (Å²) in [6.45, 7) is 5.90. The molecule has 1 N–H and O–H groups in total. The molecule has 100 valence electrons. The maximum absolute atomic E-state index is 8.72. The van der Waals surface area contributed by atoms with E-state index in [1.165, 1.54) is 4.88 Å². The van der Waals surface area contributed by atoms with Crippen molar-refractivity contribution in [3.63, 3.8) is 0 Å². The molecule has 0 saturated carbocycles. The predicted molar refractivity (Wildman–Crippen MR) is 75.7 cm³/mol. The maximum atomic E-state index is 8.72. The van der Waals surface area contributed by atoms with Gasteiger partial charge in [0.05, 0.1) is 13.2 Å². The van der Waals surface area contributed by atoms with E-state index in [0.717, 1.165) is 31.8 Å². The summed E-state index contributed by atoms with van der Waals surface area (Å²) in [7, 11) is 1.73. The van der Waals surface area contributed by atoms with Crippen LogP contribution in [0.2, 0.25) is 0 Å². The van der Waals surface area contributed by atoms with E-state index in [-0.39, 0.29) is 6.61 Å². The molecule has 4 heteroatoms. The monoisotopic (exact) mass is 267 g/mol. The second-order valence-corrected chi connectivity index (χ2v) is 4.90. The number of methoxy groups -OCH3 is 1. The molecular weight excluding hydrogens is 246 g/mol. The summed E-state index contributed by atoms with van der Waals surface area (Å²) >= 11 is 1.74. The Morgan fingerprint density at radius 1 is 1.50 bits per heavy atom. The van der Waals surface area contributed by atoms with Crippen molar-refractivity contribution in [1.29, 1.82) is 0 Å². The summed E-state index contributed by atoms with van der Waals surface area (Å²) in [6, 6.07) is 2.05. The largest absolute Gasteiger partial charge is 0.395 e. The van der Waals surface area contributed by atoms with Gasteiger partial charge in [0.25, 0.3) is 0 Å². The number of likely N-dealkylation sites (N-methyl/N-ethyl adjacent to an activating group) is 1. The Labute approximate surface area is 113 Å². The lowest BCUT2D eigenvalue weighted by Crippen LogP contribution is -2.26. The summed E-state index contributed by atoms with van der Waals surface area (Å²) in [5.41, 5.74) is 1.09. The van der Waals surface area contributed by atoms with Gasteiger partial charge in [-0.3, -0.25) is 4.90 Å². The van der Waals surface area contributed by atoms with Crippen LogP contribution in [0.25, 0.3) is 0 Å². The van der Waals surface area contributed by atoms with E-state index in [2.05, 4.69) is 35.1 Å². The van der Waals surface area contributed by atoms with Crippen molar-refractivity contribution in [2.24, 2.45) is 0 Å². The average Bonchev–Trinajstić information content (AvgIpc) is 2.82. The number of nitrogens with zero attached hydrogens (tertiary/aromatic N) is 1. The molecular formula is C14H21NO2S. The molecule has 1 heterocycles. The fourth-order valence-corrected chi connectivity index (χ4v) is 2.43. The second kappa shape index (κ2) is 9.12. The van der Waals surface area contributed by atoms with Crippen LogP contribution < -0.4 is 0 Å². The van der Waals surface area contributed by atoms with E-state index < -0.39 is 0 Å². The first-order chi connectivity index (χ1) is 8.81. The minimum absolute atomic E-state index is 0.126. The lowest BCUT2D eigenvalue weighted by atomic mass is 10.2. The smallest absolute Gasteiger partial charge is 0.0589 e. The van der Waals surface area contributed by atoms with Crippen LogP contribution in [0.15, 0.2) is 11.4 Å². The molecule has 0 saturated heterocycles. The predicted octanol–water partition coefficient (Wildman–Crippen LogP) is 1.95. The highest BCUT2D eigenvalue weighted by molar-refractivity contribution is 7.10. The first kappa shape index (κ1) is 15.2. The Morgan fingerprint density at radius 2 is 2.33 bits per heavy atom. The third-order valence-corrected chi connectivity index (χ3v) is 3.54. The van der Waals surface area contributed by atoms with Gasteiger partial charge in [-0.05, 0) is 18.0 Å². The zero-order valence-corrected chi connectivity index (χ0v) is 11.9. The molecule has 0 unspecified atom stereocenters. The van der Waals surface area contributed by atoms with Gasteiger partial charge < -0.3 is 9.84 Å². The number of aliphatic hydroxyl groups excluding tert-OH is 1. The van der Waals surface area contributed by atoms with Crippen molar-refractivity contribution in [3.8, 4) is 11.8 Å². The SMILES string of the molecule is CCN(CCOC)Cc1sccc1C#CCCO. The van der Waals surface area contributed by atoms with E-state index in [1.54, 1.807) is 18.4 Å². The Hall–Kier alpha value is -0.860. The molecule has 1 rings (SSSR count). The molecule has 0 radical (unpaired) electrons. The van der Waals surface area contributed by atoms with Gasteiger partial charge in [0.2, 0.25) is 0 Å². The summed E-state index contributed by atoms with van der Waals surface area (Å²) in [5.74, 6) is 6.10. The number of hydrogen-bond donors (Lipinski definition) is 1. The number of thiophene rings is 1. The molecule has 0 aromatic carbocycles. The van der Waals surface area contributed by atoms with Crippen molar-refractivity contribution in [2.75, 3.05) is 33.4 Å². The average molecular weight is 267 g/mol. The number of aliphatic hydroxyl groups is 1. The molecule has 0 amide bonds. The highest BCUT2D eigenvalue weighted by atomic mass is 32.1. The lowest BCUT2D eigenvalue weighted by Gasteiger charge is -2.19. The van der Waals surface area contributed by atoms with E-state index in [4.69, 9.17) is 9.84 Å². The van der Waals surface area contributed by atoms with Gasteiger partial charge in [-0.25, -0.2) is 0 Å². The van der Waals surface area contributed by atoms with Crippen LogP contribution in [0.1, 0.15) is 23.8 Å². The normalized spacial score (nSPS) is 10.4. The van der Waals surface area contributed by atoms with Crippen LogP contribution in [0.4, 0.5) is 0 Å². The highest BCUT2D eigenvalue weighted by Gasteiger charge is 2.07. The number of hydrogen-bond acceptors (Lipinski definition) is 4. The van der Waals surface area contributed by atoms with Gasteiger partial charge in [-0.15, -0.1) is 11.3 Å². The molecule has 0 fully saturated rings. The van der Waals surface area contributed by atoms with Gasteiger partial charge >= 0.3 is 0 Å². The van der Waals surface area contributed by atoms with Gasteiger partial charge in [-0.2, -0.15) is 0 Å². The van der Waals surface area contributed by atoms with E-state index in [0.29, 0.717) is 6.42 Å².